The average molecular weight is 218 g/mol. The molecule has 0 saturated heterocycles. The van der Waals surface area contributed by atoms with Gasteiger partial charge in [-0.3, -0.25) is 0 Å². The van der Waals surface area contributed by atoms with Gasteiger partial charge in [-0.2, -0.15) is 13.2 Å². The number of halogens is 3. The van der Waals surface area contributed by atoms with Crippen molar-refractivity contribution in [3.8, 4) is 11.5 Å². The van der Waals surface area contributed by atoms with Gasteiger partial charge in [0.15, 0.2) is 11.5 Å². The zero-order valence-corrected chi connectivity index (χ0v) is 8.02. The summed E-state index contributed by atoms with van der Waals surface area (Å²) in [7, 11) is 0. The van der Waals surface area contributed by atoms with Gasteiger partial charge < -0.3 is 9.47 Å². The van der Waals surface area contributed by atoms with Crippen LogP contribution < -0.4 is 9.47 Å². The highest BCUT2D eigenvalue weighted by Gasteiger charge is 2.29. The highest BCUT2D eigenvalue weighted by molar-refractivity contribution is 5.48. The second-order valence-electron chi connectivity index (χ2n) is 3.42. The first-order chi connectivity index (χ1) is 6.96. The lowest BCUT2D eigenvalue weighted by atomic mass is 10.0. The number of rotatable bonds is 1. The number of alkyl halides is 3. The molecule has 0 bridgehead atoms. The van der Waals surface area contributed by atoms with Crippen LogP contribution in [-0.4, -0.2) is 13.0 Å². The number of fused-ring (bicyclic) bond motifs is 1. The number of benzene rings is 1. The minimum absolute atomic E-state index is 0.0737. The Morgan fingerprint density at radius 3 is 2.40 bits per heavy atom. The van der Waals surface area contributed by atoms with Crippen LogP contribution in [0.3, 0.4) is 0 Å². The van der Waals surface area contributed by atoms with Crippen LogP contribution in [0.2, 0.25) is 0 Å². The van der Waals surface area contributed by atoms with Crippen molar-refractivity contribution < 1.29 is 22.6 Å². The number of ether oxygens (including phenoxy) is 2. The van der Waals surface area contributed by atoms with Crippen molar-refractivity contribution in [2.75, 3.05) is 6.79 Å². The predicted octanol–water partition coefficient (Wildman–Crippen LogP) is 2.83. The fourth-order valence-corrected chi connectivity index (χ4v) is 1.49. The summed E-state index contributed by atoms with van der Waals surface area (Å²) < 4.78 is 46.7. The molecule has 1 aromatic carbocycles. The molecule has 0 fully saturated rings. The van der Waals surface area contributed by atoms with Gasteiger partial charge >= 0.3 is 6.18 Å². The van der Waals surface area contributed by atoms with E-state index in [1.54, 1.807) is 13.0 Å². The Hall–Kier alpha value is -1.39. The molecule has 0 saturated carbocycles. The monoisotopic (exact) mass is 218 g/mol. The first kappa shape index (κ1) is 10.1. The van der Waals surface area contributed by atoms with Crippen LogP contribution in [-0.2, 0) is 6.42 Å². The molecule has 0 aromatic heterocycles. The lowest BCUT2D eigenvalue weighted by molar-refractivity contribution is -0.127. The maximum absolute atomic E-state index is 12.2. The molecule has 2 rings (SSSR count). The van der Waals surface area contributed by atoms with Crippen molar-refractivity contribution in [1.29, 1.82) is 0 Å². The molecule has 0 aliphatic carbocycles. The molecule has 0 atom stereocenters. The standard InChI is InChI=1S/C10H9F3O2/c1-6-2-8-9(15-5-14-8)3-7(6)4-10(11,12)13/h2-3H,4-5H2,1H3. The molecule has 1 aliphatic heterocycles. The van der Waals surface area contributed by atoms with Gasteiger partial charge in [-0.05, 0) is 30.2 Å². The van der Waals surface area contributed by atoms with Gasteiger partial charge in [0, 0.05) is 0 Å². The third-order valence-electron chi connectivity index (χ3n) is 2.22. The van der Waals surface area contributed by atoms with Gasteiger partial charge in [0.25, 0.3) is 0 Å². The summed E-state index contributed by atoms with van der Waals surface area (Å²) in [6.45, 7) is 1.70. The van der Waals surface area contributed by atoms with Crippen LogP contribution in [0, 0.1) is 6.92 Å². The summed E-state index contributed by atoms with van der Waals surface area (Å²) in [5.41, 5.74) is 0.795. The maximum Gasteiger partial charge on any atom is 0.393 e. The Labute approximate surface area is 84.6 Å². The van der Waals surface area contributed by atoms with Gasteiger partial charge in [0.1, 0.15) is 0 Å². The normalized spacial score (nSPS) is 14.4. The summed E-state index contributed by atoms with van der Waals surface area (Å²) >= 11 is 0. The topological polar surface area (TPSA) is 18.5 Å². The quantitative estimate of drug-likeness (QED) is 0.721. The lowest BCUT2D eigenvalue weighted by Gasteiger charge is -2.10. The summed E-state index contributed by atoms with van der Waals surface area (Å²) in [5.74, 6) is 0.901. The third-order valence-corrected chi connectivity index (χ3v) is 2.22. The third kappa shape index (κ3) is 2.16. The van der Waals surface area contributed by atoms with E-state index < -0.39 is 12.6 Å². The summed E-state index contributed by atoms with van der Waals surface area (Å²) in [4.78, 5) is 0. The molecule has 0 N–H and O–H groups in total. The van der Waals surface area contributed by atoms with Crippen LogP contribution in [0.5, 0.6) is 11.5 Å². The molecule has 0 unspecified atom stereocenters. The van der Waals surface area contributed by atoms with Gasteiger partial charge in [-0.25, -0.2) is 0 Å². The smallest absolute Gasteiger partial charge is 0.393 e. The summed E-state index contributed by atoms with van der Waals surface area (Å²) in [5, 5.41) is 0. The second kappa shape index (κ2) is 3.32. The highest BCUT2D eigenvalue weighted by Crippen LogP contribution is 2.36. The van der Waals surface area contributed by atoms with E-state index in [1.807, 2.05) is 0 Å². The van der Waals surface area contributed by atoms with Crippen LogP contribution in [0.4, 0.5) is 13.2 Å². The maximum atomic E-state index is 12.2. The first-order valence-electron chi connectivity index (χ1n) is 4.41. The van der Waals surface area contributed by atoms with Gasteiger partial charge in [0.2, 0.25) is 6.79 Å². The molecule has 0 radical (unpaired) electrons. The molecule has 2 nitrogen and oxygen atoms in total. The van der Waals surface area contributed by atoms with Crippen molar-refractivity contribution in [2.24, 2.45) is 0 Å². The fourth-order valence-electron chi connectivity index (χ4n) is 1.49. The molecule has 15 heavy (non-hydrogen) atoms. The largest absolute Gasteiger partial charge is 0.454 e. The second-order valence-corrected chi connectivity index (χ2v) is 3.42. The molecule has 1 aromatic rings. The van der Waals surface area contributed by atoms with E-state index >= 15 is 0 Å². The SMILES string of the molecule is Cc1cc2c(cc1CC(F)(F)F)OCO2. The van der Waals surface area contributed by atoms with E-state index in [-0.39, 0.29) is 12.4 Å². The van der Waals surface area contributed by atoms with Crippen molar-refractivity contribution in [3.05, 3.63) is 23.3 Å². The van der Waals surface area contributed by atoms with Crippen LogP contribution in [0.15, 0.2) is 12.1 Å². The highest BCUT2D eigenvalue weighted by atomic mass is 19.4. The van der Waals surface area contributed by atoms with E-state index in [1.165, 1.54) is 6.07 Å². The van der Waals surface area contributed by atoms with E-state index in [9.17, 15) is 13.2 Å². The molecule has 0 spiro atoms. The van der Waals surface area contributed by atoms with Crippen molar-refractivity contribution in [1.82, 2.24) is 0 Å². The average Bonchev–Trinajstić information content (AvgIpc) is 2.49. The van der Waals surface area contributed by atoms with E-state index in [0.29, 0.717) is 17.1 Å². The molecule has 82 valence electrons. The minimum Gasteiger partial charge on any atom is -0.454 e. The minimum atomic E-state index is -4.20. The first-order valence-corrected chi connectivity index (χ1v) is 4.41. The summed E-state index contributed by atoms with van der Waals surface area (Å²) in [6.07, 6.45) is -5.13. The number of hydrogen-bond donors (Lipinski definition) is 0. The van der Waals surface area contributed by atoms with Crippen LogP contribution >= 0.6 is 0 Å². The lowest BCUT2D eigenvalue weighted by Crippen LogP contribution is -2.12. The molecule has 1 heterocycles. The Balaban J connectivity index is 2.33. The Morgan fingerprint density at radius 1 is 1.20 bits per heavy atom. The summed E-state index contributed by atoms with van der Waals surface area (Å²) in [6, 6.07) is 2.97. The van der Waals surface area contributed by atoms with E-state index in [4.69, 9.17) is 9.47 Å². The van der Waals surface area contributed by atoms with Crippen molar-refractivity contribution >= 4 is 0 Å². The van der Waals surface area contributed by atoms with Gasteiger partial charge in [-0.1, -0.05) is 0 Å². The van der Waals surface area contributed by atoms with Crippen molar-refractivity contribution in [3.63, 3.8) is 0 Å². The van der Waals surface area contributed by atoms with E-state index in [2.05, 4.69) is 0 Å². The Morgan fingerprint density at radius 2 is 1.80 bits per heavy atom. The van der Waals surface area contributed by atoms with Crippen LogP contribution in [0.25, 0.3) is 0 Å². The predicted molar refractivity (Wildman–Crippen MR) is 47.1 cm³/mol. The fraction of sp³-hybridized carbons (Fsp3) is 0.400. The molecule has 1 aliphatic rings. The van der Waals surface area contributed by atoms with Crippen LogP contribution in [0.1, 0.15) is 11.1 Å². The molecule has 5 heteroatoms. The number of aryl methyl sites for hydroxylation is 1. The molecular formula is C10H9F3O2. The zero-order chi connectivity index (χ0) is 11.1. The number of hydrogen-bond acceptors (Lipinski definition) is 2. The van der Waals surface area contributed by atoms with Gasteiger partial charge in [-0.15, -0.1) is 0 Å². The molecule has 0 amide bonds. The van der Waals surface area contributed by atoms with Gasteiger partial charge in [0.05, 0.1) is 6.42 Å². The van der Waals surface area contributed by atoms with Crippen molar-refractivity contribution in [2.45, 2.75) is 19.5 Å². The Kier molecular flexibility index (Phi) is 2.25. The zero-order valence-electron chi connectivity index (χ0n) is 8.02. The molecular weight excluding hydrogens is 209 g/mol. The Bertz CT molecular complexity index is 385. The van der Waals surface area contributed by atoms with E-state index in [0.717, 1.165) is 0 Å².